The van der Waals surface area contributed by atoms with Crippen molar-refractivity contribution < 1.29 is 4.74 Å². The number of ether oxygens (including phenoxy) is 1. The first-order chi connectivity index (χ1) is 8.35. The van der Waals surface area contributed by atoms with Gasteiger partial charge in [0.15, 0.2) is 5.82 Å². The summed E-state index contributed by atoms with van der Waals surface area (Å²) in [6.07, 6.45) is 1.74. The molecule has 88 valence electrons. The number of aromatic nitrogens is 2. The molecule has 1 aromatic heterocycles. The van der Waals surface area contributed by atoms with Crippen LogP contribution in [0.1, 0.15) is 6.92 Å². The Balaban J connectivity index is 2.41. The molecule has 0 spiro atoms. The molecule has 0 atom stereocenters. The minimum Gasteiger partial charge on any atom is -0.496 e. The van der Waals surface area contributed by atoms with Crippen LogP contribution in [0.15, 0.2) is 36.5 Å². The topological polar surface area (TPSA) is 47.0 Å². The Bertz CT molecular complexity index is 500. The Morgan fingerprint density at radius 2 is 2.06 bits per heavy atom. The fourth-order valence-corrected chi connectivity index (χ4v) is 1.60. The second kappa shape index (κ2) is 5.30. The molecule has 0 fully saturated rings. The van der Waals surface area contributed by atoms with E-state index in [9.17, 15) is 0 Å². The number of nitrogens with zero attached hydrogens (tertiary/aromatic N) is 2. The number of anilines is 1. The first-order valence-electron chi connectivity index (χ1n) is 5.55. The summed E-state index contributed by atoms with van der Waals surface area (Å²) in [6.45, 7) is 2.87. The van der Waals surface area contributed by atoms with Gasteiger partial charge in [0.05, 0.1) is 12.7 Å². The van der Waals surface area contributed by atoms with Crippen LogP contribution in [0.3, 0.4) is 0 Å². The van der Waals surface area contributed by atoms with Gasteiger partial charge in [0.1, 0.15) is 11.6 Å². The minimum atomic E-state index is 0.668. The maximum absolute atomic E-state index is 5.30. The van der Waals surface area contributed by atoms with Crippen molar-refractivity contribution in [3.05, 3.63) is 36.5 Å². The lowest BCUT2D eigenvalue weighted by Gasteiger charge is -2.08. The summed E-state index contributed by atoms with van der Waals surface area (Å²) in [5.74, 6) is 2.27. The molecular weight excluding hydrogens is 214 g/mol. The van der Waals surface area contributed by atoms with Crippen molar-refractivity contribution in [2.75, 3.05) is 19.0 Å². The van der Waals surface area contributed by atoms with Crippen LogP contribution in [0, 0.1) is 0 Å². The van der Waals surface area contributed by atoms with Crippen molar-refractivity contribution >= 4 is 5.82 Å². The predicted octanol–water partition coefficient (Wildman–Crippen LogP) is 2.58. The highest BCUT2D eigenvalue weighted by molar-refractivity contribution is 5.64. The molecule has 0 radical (unpaired) electrons. The number of rotatable bonds is 4. The van der Waals surface area contributed by atoms with Crippen LogP contribution in [-0.2, 0) is 0 Å². The first kappa shape index (κ1) is 11.4. The highest BCUT2D eigenvalue weighted by atomic mass is 16.5. The summed E-state index contributed by atoms with van der Waals surface area (Å²) >= 11 is 0. The van der Waals surface area contributed by atoms with Gasteiger partial charge < -0.3 is 10.1 Å². The Labute approximate surface area is 101 Å². The summed E-state index contributed by atoms with van der Waals surface area (Å²) in [5, 5.41) is 3.16. The number of hydrogen-bond acceptors (Lipinski definition) is 4. The van der Waals surface area contributed by atoms with E-state index in [1.807, 2.05) is 37.3 Å². The highest BCUT2D eigenvalue weighted by Crippen LogP contribution is 2.26. The number of para-hydroxylation sites is 1. The molecule has 0 aliphatic carbocycles. The fraction of sp³-hybridized carbons (Fsp3) is 0.231. The second-order valence-corrected chi connectivity index (χ2v) is 3.50. The van der Waals surface area contributed by atoms with Crippen molar-refractivity contribution in [1.29, 1.82) is 0 Å². The van der Waals surface area contributed by atoms with E-state index >= 15 is 0 Å². The van der Waals surface area contributed by atoms with Crippen molar-refractivity contribution in [3.63, 3.8) is 0 Å². The van der Waals surface area contributed by atoms with E-state index in [1.54, 1.807) is 13.3 Å². The third-order valence-corrected chi connectivity index (χ3v) is 2.36. The SMILES string of the molecule is CCNc1ccnc(-c2ccccc2OC)n1. The fourth-order valence-electron chi connectivity index (χ4n) is 1.60. The Hall–Kier alpha value is -2.10. The quantitative estimate of drug-likeness (QED) is 0.875. The summed E-state index contributed by atoms with van der Waals surface area (Å²) in [5.41, 5.74) is 0.898. The molecule has 1 aromatic carbocycles. The molecule has 1 heterocycles. The summed E-state index contributed by atoms with van der Waals surface area (Å²) in [7, 11) is 1.65. The molecule has 0 saturated carbocycles. The smallest absolute Gasteiger partial charge is 0.165 e. The molecule has 1 N–H and O–H groups in total. The Kier molecular flexibility index (Phi) is 3.55. The average Bonchev–Trinajstić information content (AvgIpc) is 2.39. The van der Waals surface area contributed by atoms with Gasteiger partial charge in [-0.2, -0.15) is 0 Å². The molecule has 4 heteroatoms. The largest absolute Gasteiger partial charge is 0.496 e. The third kappa shape index (κ3) is 2.53. The zero-order valence-electron chi connectivity index (χ0n) is 9.97. The third-order valence-electron chi connectivity index (χ3n) is 2.36. The molecule has 0 saturated heterocycles. The van der Waals surface area contributed by atoms with Crippen LogP contribution in [0.5, 0.6) is 5.75 Å². The number of nitrogens with one attached hydrogen (secondary N) is 1. The van der Waals surface area contributed by atoms with E-state index in [0.29, 0.717) is 5.82 Å². The molecule has 0 unspecified atom stereocenters. The van der Waals surface area contributed by atoms with E-state index in [2.05, 4.69) is 15.3 Å². The molecule has 0 aliphatic heterocycles. The van der Waals surface area contributed by atoms with E-state index < -0.39 is 0 Å². The molecule has 2 rings (SSSR count). The average molecular weight is 229 g/mol. The monoisotopic (exact) mass is 229 g/mol. The molecular formula is C13H15N3O. The standard InChI is InChI=1S/C13H15N3O/c1-3-14-12-8-9-15-13(16-12)10-6-4-5-7-11(10)17-2/h4-9H,3H2,1-2H3,(H,14,15,16). The molecule has 0 bridgehead atoms. The number of hydrogen-bond donors (Lipinski definition) is 1. The zero-order valence-corrected chi connectivity index (χ0v) is 9.97. The predicted molar refractivity (Wildman–Crippen MR) is 68.2 cm³/mol. The van der Waals surface area contributed by atoms with E-state index in [4.69, 9.17) is 4.74 Å². The van der Waals surface area contributed by atoms with Crippen LogP contribution < -0.4 is 10.1 Å². The molecule has 4 nitrogen and oxygen atoms in total. The molecule has 17 heavy (non-hydrogen) atoms. The van der Waals surface area contributed by atoms with Crippen LogP contribution in [0.2, 0.25) is 0 Å². The van der Waals surface area contributed by atoms with Gasteiger partial charge in [-0.15, -0.1) is 0 Å². The summed E-state index contributed by atoms with van der Waals surface area (Å²) < 4.78 is 5.30. The van der Waals surface area contributed by atoms with Gasteiger partial charge in [-0.05, 0) is 25.1 Å². The van der Waals surface area contributed by atoms with Crippen LogP contribution in [0.4, 0.5) is 5.82 Å². The molecule has 2 aromatic rings. The van der Waals surface area contributed by atoms with E-state index in [-0.39, 0.29) is 0 Å². The van der Waals surface area contributed by atoms with Crippen molar-refractivity contribution in [1.82, 2.24) is 9.97 Å². The van der Waals surface area contributed by atoms with Gasteiger partial charge in [-0.1, -0.05) is 12.1 Å². The Morgan fingerprint density at radius 1 is 1.24 bits per heavy atom. The Morgan fingerprint density at radius 3 is 2.82 bits per heavy atom. The lowest BCUT2D eigenvalue weighted by molar-refractivity contribution is 0.416. The van der Waals surface area contributed by atoms with E-state index in [1.165, 1.54) is 0 Å². The van der Waals surface area contributed by atoms with Crippen molar-refractivity contribution in [2.45, 2.75) is 6.92 Å². The maximum Gasteiger partial charge on any atom is 0.165 e. The highest BCUT2D eigenvalue weighted by Gasteiger charge is 2.07. The van der Waals surface area contributed by atoms with Crippen LogP contribution in [0.25, 0.3) is 11.4 Å². The summed E-state index contributed by atoms with van der Waals surface area (Å²) in [4.78, 5) is 8.71. The van der Waals surface area contributed by atoms with Gasteiger partial charge >= 0.3 is 0 Å². The van der Waals surface area contributed by atoms with Gasteiger partial charge in [0, 0.05) is 12.7 Å². The maximum atomic E-state index is 5.30. The normalized spacial score (nSPS) is 10.0. The number of methoxy groups -OCH3 is 1. The number of benzene rings is 1. The van der Waals surface area contributed by atoms with Crippen LogP contribution in [-0.4, -0.2) is 23.6 Å². The summed E-state index contributed by atoms with van der Waals surface area (Å²) in [6, 6.07) is 9.57. The second-order valence-electron chi connectivity index (χ2n) is 3.50. The zero-order chi connectivity index (χ0) is 12.1. The van der Waals surface area contributed by atoms with E-state index in [0.717, 1.165) is 23.7 Å². The lowest BCUT2D eigenvalue weighted by Crippen LogP contribution is -2.01. The van der Waals surface area contributed by atoms with Crippen LogP contribution >= 0.6 is 0 Å². The van der Waals surface area contributed by atoms with Crippen molar-refractivity contribution in [3.8, 4) is 17.1 Å². The van der Waals surface area contributed by atoms with Crippen molar-refractivity contribution in [2.24, 2.45) is 0 Å². The molecule has 0 amide bonds. The van der Waals surface area contributed by atoms with Gasteiger partial charge in [0.2, 0.25) is 0 Å². The minimum absolute atomic E-state index is 0.668. The first-order valence-corrected chi connectivity index (χ1v) is 5.55. The van der Waals surface area contributed by atoms with Gasteiger partial charge in [-0.25, -0.2) is 9.97 Å². The molecule has 0 aliphatic rings. The van der Waals surface area contributed by atoms with Gasteiger partial charge in [-0.3, -0.25) is 0 Å². The lowest BCUT2D eigenvalue weighted by atomic mass is 10.2. The van der Waals surface area contributed by atoms with Gasteiger partial charge in [0.25, 0.3) is 0 Å².